The molecule has 34 heavy (non-hydrogen) atoms. The summed E-state index contributed by atoms with van der Waals surface area (Å²) in [5, 5.41) is 3.70. The van der Waals surface area contributed by atoms with E-state index in [1.165, 1.54) is 0 Å². The summed E-state index contributed by atoms with van der Waals surface area (Å²) in [5.41, 5.74) is 0. The van der Waals surface area contributed by atoms with Gasteiger partial charge in [0.1, 0.15) is 0 Å². The predicted octanol–water partition coefficient (Wildman–Crippen LogP) is 6.09. The van der Waals surface area contributed by atoms with Gasteiger partial charge in [-0.3, -0.25) is 0 Å². The van der Waals surface area contributed by atoms with Gasteiger partial charge in [0, 0.05) is 25.7 Å². The molecule has 5 rings (SSSR count). The third-order valence-corrected chi connectivity index (χ3v) is 15.6. The average molecular weight is 507 g/mol. The maximum Gasteiger partial charge on any atom is 0.170 e. The van der Waals surface area contributed by atoms with E-state index in [2.05, 4.69) is 79.7 Å². The molecule has 1 aromatic rings. The Morgan fingerprint density at radius 1 is 0.500 bits per heavy atom. The van der Waals surface area contributed by atoms with Crippen LogP contribution in [-0.2, 0) is 18.9 Å². The summed E-state index contributed by atoms with van der Waals surface area (Å²) in [6.07, 6.45) is 3.88. The molecule has 0 saturated carbocycles. The molecule has 4 heterocycles. The second kappa shape index (κ2) is 8.21. The summed E-state index contributed by atoms with van der Waals surface area (Å²) in [6.45, 7) is 22.6. The maximum atomic E-state index is 6.27. The van der Waals surface area contributed by atoms with E-state index in [1.54, 1.807) is 10.6 Å². The zero-order valence-electron chi connectivity index (χ0n) is 22.5. The molecule has 0 atom stereocenters. The standard InChI is InChI=1S/C28H44O4P2/c1-23(2)17-27(29-13-14-30-27)18-24(3,4)33(23)21-11-9-10-12-22(21)34-25(5,6)19-28(20-26(34,7)8)31-15-16-32-28/h9-12H,13-20H2,1-8H3. The lowest BCUT2D eigenvalue weighted by molar-refractivity contribution is -0.179. The molecule has 4 aliphatic heterocycles. The Bertz CT molecular complexity index is 811. The van der Waals surface area contributed by atoms with Gasteiger partial charge in [0.05, 0.1) is 26.4 Å². The highest BCUT2D eigenvalue weighted by Crippen LogP contribution is 2.71. The molecule has 0 N–H and O–H groups in total. The Kier molecular flexibility index (Phi) is 6.17. The summed E-state index contributed by atoms with van der Waals surface area (Å²) >= 11 is 0. The quantitative estimate of drug-likeness (QED) is 0.455. The molecule has 2 spiro atoms. The lowest BCUT2D eigenvalue weighted by Crippen LogP contribution is -2.56. The SMILES string of the molecule is CC1(C)CC2(CC(C)(C)P1c1ccccc1P1C(C)(C)CC3(CC1(C)C)OCCO3)OCCO2. The first-order valence-corrected chi connectivity index (χ1v) is 15.7. The molecule has 6 heteroatoms. The lowest BCUT2D eigenvalue weighted by Gasteiger charge is -2.58. The molecule has 1 aromatic carbocycles. The molecule has 0 aromatic heterocycles. The molecule has 4 aliphatic rings. The van der Waals surface area contributed by atoms with Crippen molar-refractivity contribution in [2.75, 3.05) is 26.4 Å². The molecule has 0 bridgehead atoms. The summed E-state index contributed by atoms with van der Waals surface area (Å²) in [7, 11) is -0.898. The third-order valence-electron chi connectivity index (χ3n) is 8.22. The number of benzene rings is 1. The van der Waals surface area contributed by atoms with Crippen LogP contribution in [0.15, 0.2) is 24.3 Å². The second-order valence-electron chi connectivity index (χ2n) is 13.3. The number of rotatable bonds is 2. The van der Waals surface area contributed by atoms with Gasteiger partial charge in [-0.05, 0) is 31.2 Å². The molecule has 4 saturated heterocycles. The van der Waals surface area contributed by atoms with Crippen LogP contribution >= 0.6 is 15.8 Å². The van der Waals surface area contributed by atoms with Gasteiger partial charge in [-0.1, -0.05) is 95.5 Å². The first-order valence-electron chi connectivity index (χ1n) is 13.0. The molecule has 0 unspecified atom stereocenters. The molecule has 0 amide bonds. The van der Waals surface area contributed by atoms with Crippen LogP contribution in [0.2, 0.25) is 0 Å². The van der Waals surface area contributed by atoms with Gasteiger partial charge in [0.25, 0.3) is 0 Å². The molecule has 0 radical (unpaired) electrons. The van der Waals surface area contributed by atoms with Crippen LogP contribution in [0.25, 0.3) is 0 Å². The topological polar surface area (TPSA) is 36.9 Å². The largest absolute Gasteiger partial charge is 0.347 e. The van der Waals surface area contributed by atoms with Crippen LogP contribution in [0.1, 0.15) is 81.1 Å². The van der Waals surface area contributed by atoms with E-state index in [-0.39, 0.29) is 20.6 Å². The minimum atomic E-state index is -0.449. The fraction of sp³-hybridized carbons (Fsp3) is 0.786. The van der Waals surface area contributed by atoms with Gasteiger partial charge in [-0.25, -0.2) is 0 Å². The highest BCUT2D eigenvalue weighted by atomic mass is 31.1. The first kappa shape index (κ1) is 25.6. The van der Waals surface area contributed by atoms with Crippen LogP contribution in [0, 0.1) is 0 Å². The third kappa shape index (κ3) is 4.23. The van der Waals surface area contributed by atoms with Crippen LogP contribution in [0.3, 0.4) is 0 Å². The highest BCUT2D eigenvalue weighted by molar-refractivity contribution is 7.74. The van der Waals surface area contributed by atoms with Crippen LogP contribution in [0.4, 0.5) is 0 Å². The van der Waals surface area contributed by atoms with Crippen molar-refractivity contribution in [1.29, 1.82) is 0 Å². The molecular formula is C28H44O4P2. The Morgan fingerprint density at radius 3 is 1.03 bits per heavy atom. The first-order chi connectivity index (χ1) is 15.7. The Hall–Kier alpha value is -0.0800. The molecular weight excluding hydrogens is 462 g/mol. The Labute approximate surface area is 209 Å². The number of hydrogen-bond acceptors (Lipinski definition) is 4. The van der Waals surface area contributed by atoms with Gasteiger partial charge in [-0.15, -0.1) is 0 Å². The monoisotopic (exact) mass is 506 g/mol. The molecule has 4 fully saturated rings. The fourth-order valence-corrected chi connectivity index (χ4v) is 17.4. The fourth-order valence-electron chi connectivity index (χ4n) is 8.27. The van der Waals surface area contributed by atoms with E-state index in [9.17, 15) is 0 Å². The maximum absolute atomic E-state index is 6.27. The van der Waals surface area contributed by atoms with E-state index >= 15 is 0 Å². The molecule has 4 nitrogen and oxygen atoms in total. The highest BCUT2D eigenvalue weighted by Gasteiger charge is 2.60. The van der Waals surface area contributed by atoms with Crippen LogP contribution < -0.4 is 10.6 Å². The van der Waals surface area contributed by atoms with Crippen molar-refractivity contribution < 1.29 is 18.9 Å². The van der Waals surface area contributed by atoms with Crippen molar-refractivity contribution in [3.63, 3.8) is 0 Å². The van der Waals surface area contributed by atoms with Gasteiger partial charge >= 0.3 is 0 Å². The summed E-state index contributed by atoms with van der Waals surface area (Å²) in [5.74, 6) is -0.807. The smallest absolute Gasteiger partial charge is 0.170 e. The summed E-state index contributed by atoms with van der Waals surface area (Å²) < 4.78 is 25.1. The van der Waals surface area contributed by atoms with Gasteiger partial charge in [0.2, 0.25) is 0 Å². The Morgan fingerprint density at radius 2 is 0.765 bits per heavy atom. The van der Waals surface area contributed by atoms with E-state index < -0.39 is 27.4 Å². The van der Waals surface area contributed by atoms with Crippen LogP contribution in [0.5, 0.6) is 0 Å². The minimum Gasteiger partial charge on any atom is -0.347 e. The van der Waals surface area contributed by atoms with Gasteiger partial charge < -0.3 is 18.9 Å². The van der Waals surface area contributed by atoms with Gasteiger partial charge in [0.15, 0.2) is 11.6 Å². The minimum absolute atomic E-state index is 0.121. The van der Waals surface area contributed by atoms with E-state index in [1.807, 2.05) is 0 Å². The van der Waals surface area contributed by atoms with E-state index in [4.69, 9.17) is 18.9 Å². The normalized spacial score (nSPS) is 31.3. The number of ether oxygens (including phenoxy) is 4. The van der Waals surface area contributed by atoms with E-state index in [0.717, 1.165) is 52.1 Å². The zero-order valence-corrected chi connectivity index (χ0v) is 24.3. The van der Waals surface area contributed by atoms with Crippen LogP contribution in [-0.4, -0.2) is 58.6 Å². The van der Waals surface area contributed by atoms with Crippen molar-refractivity contribution in [3.05, 3.63) is 24.3 Å². The Balaban J connectivity index is 1.58. The summed E-state index contributed by atoms with van der Waals surface area (Å²) in [4.78, 5) is 0. The predicted molar refractivity (Wildman–Crippen MR) is 144 cm³/mol. The van der Waals surface area contributed by atoms with Crippen molar-refractivity contribution in [1.82, 2.24) is 0 Å². The average Bonchev–Trinajstić information content (AvgIpc) is 3.28. The lowest BCUT2D eigenvalue weighted by atomic mass is 9.91. The second-order valence-corrected chi connectivity index (χ2v) is 20.5. The summed E-state index contributed by atoms with van der Waals surface area (Å²) in [6, 6.07) is 9.45. The van der Waals surface area contributed by atoms with Crippen molar-refractivity contribution in [2.24, 2.45) is 0 Å². The number of hydrogen-bond donors (Lipinski definition) is 0. The van der Waals surface area contributed by atoms with Crippen molar-refractivity contribution in [2.45, 2.75) is 113 Å². The zero-order chi connectivity index (χ0) is 24.6. The van der Waals surface area contributed by atoms with Crippen molar-refractivity contribution >= 4 is 26.5 Å². The molecule has 190 valence electrons. The molecule has 0 aliphatic carbocycles. The van der Waals surface area contributed by atoms with Crippen molar-refractivity contribution in [3.8, 4) is 0 Å². The van der Waals surface area contributed by atoms with Gasteiger partial charge in [-0.2, -0.15) is 0 Å². The van der Waals surface area contributed by atoms with E-state index in [0.29, 0.717) is 0 Å².